The van der Waals surface area contributed by atoms with Crippen LogP contribution in [0.4, 0.5) is 0 Å². The van der Waals surface area contributed by atoms with Gasteiger partial charge in [-0.1, -0.05) is 6.92 Å². The Balaban J connectivity index is 2.59. The van der Waals surface area contributed by atoms with Crippen LogP contribution in [-0.2, 0) is 9.53 Å². The molecule has 0 radical (unpaired) electrons. The van der Waals surface area contributed by atoms with Crippen molar-refractivity contribution in [2.75, 3.05) is 33.9 Å². The smallest absolute Gasteiger partial charge is 0.308 e. The molecule has 1 amide bonds. The number of carboxylic acid groups (broad SMARTS) is 1. The van der Waals surface area contributed by atoms with Crippen LogP contribution in [0.5, 0.6) is 5.75 Å². The van der Waals surface area contributed by atoms with Crippen molar-refractivity contribution in [1.29, 1.82) is 0 Å². The molecular weight excluding hydrogens is 274 g/mol. The Morgan fingerprint density at radius 3 is 2.38 bits per heavy atom. The minimum absolute atomic E-state index is 0.167. The van der Waals surface area contributed by atoms with Gasteiger partial charge in [-0.15, -0.1) is 0 Å². The third-order valence-electron chi connectivity index (χ3n) is 2.97. The lowest BCUT2D eigenvalue weighted by atomic mass is 10.1. The van der Waals surface area contributed by atoms with E-state index in [0.717, 1.165) is 0 Å². The number of amides is 1. The van der Waals surface area contributed by atoms with Gasteiger partial charge in [-0.3, -0.25) is 9.59 Å². The predicted molar refractivity (Wildman–Crippen MR) is 77.6 cm³/mol. The summed E-state index contributed by atoms with van der Waals surface area (Å²) in [5.74, 6) is -1.08. The molecule has 0 fully saturated rings. The van der Waals surface area contributed by atoms with Gasteiger partial charge in [0.1, 0.15) is 12.4 Å². The van der Waals surface area contributed by atoms with E-state index in [1.54, 1.807) is 45.3 Å². The molecule has 1 N–H and O–H groups in total. The maximum absolute atomic E-state index is 12.1. The first-order chi connectivity index (χ1) is 9.95. The lowest BCUT2D eigenvalue weighted by Crippen LogP contribution is -2.33. The van der Waals surface area contributed by atoms with Gasteiger partial charge in [0.05, 0.1) is 12.5 Å². The van der Waals surface area contributed by atoms with Crippen LogP contribution in [0.2, 0.25) is 0 Å². The zero-order chi connectivity index (χ0) is 15.8. The van der Waals surface area contributed by atoms with E-state index in [9.17, 15) is 9.59 Å². The molecule has 116 valence electrons. The molecule has 6 heteroatoms. The Kier molecular flexibility index (Phi) is 6.68. The monoisotopic (exact) mass is 295 g/mol. The van der Waals surface area contributed by atoms with E-state index in [0.29, 0.717) is 24.5 Å². The second-order valence-corrected chi connectivity index (χ2v) is 4.79. The van der Waals surface area contributed by atoms with Crippen molar-refractivity contribution >= 4 is 11.9 Å². The normalized spacial score (nSPS) is 11.8. The maximum Gasteiger partial charge on any atom is 0.308 e. The average molecular weight is 295 g/mol. The van der Waals surface area contributed by atoms with Gasteiger partial charge in [0.25, 0.3) is 5.91 Å². The van der Waals surface area contributed by atoms with E-state index in [-0.39, 0.29) is 12.5 Å². The molecule has 0 aromatic heterocycles. The summed E-state index contributed by atoms with van der Waals surface area (Å²) in [4.78, 5) is 24.3. The number of carbonyl (C=O) groups excluding carboxylic acids is 1. The third-order valence-corrected chi connectivity index (χ3v) is 2.97. The number of carbonyl (C=O) groups is 2. The fraction of sp³-hybridized carbons (Fsp3) is 0.467. The SMILES string of the molecule is COCCOc1ccc(C(=O)N(C)CC(C)C(=O)O)cc1. The molecular formula is C15H21NO5. The minimum atomic E-state index is -0.920. The van der Waals surface area contributed by atoms with Crippen LogP contribution in [0.3, 0.4) is 0 Å². The number of aliphatic carboxylic acids is 1. The second kappa shape index (κ2) is 8.26. The van der Waals surface area contributed by atoms with Crippen LogP contribution in [0.15, 0.2) is 24.3 Å². The second-order valence-electron chi connectivity index (χ2n) is 4.79. The van der Waals surface area contributed by atoms with Gasteiger partial charge in [-0.2, -0.15) is 0 Å². The van der Waals surface area contributed by atoms with Crippen LogP contribution in [-0.4, -0.2) is 55.8 Å². The highest BCUT2D eigenvalue weighted by Gasteiger charge is 2.18. The number of ether oxygens (including phenoxy) is 2. The van der Waals surface area contributed by atoms with Crippen molar-refractivity contribution in [2.45, 2.75) is 6.92 Å². The molecule has 1 rings (SSSR count). The molecule has 1 atom stereocenters. The molecule has 0 spiro atoms. The van der Waals surface area contributed by atoms with Crippen molar-refractivity contribution in [2.24, 2.45) is 5.92 Å². The Bertz CT molecular complexity index is 471. The van der Waals surface area contributed by atoms with Crippen LogP contribution in [0.25, 0.3) is 0 Å². The predicted octanol–water partition coefficient (Wildman–Crippen LogP) is 1.50. The van der Waals surface area contributed by atoms with Crippen LogP contribution in [0.1, 0.15) is 17.3 Å². The molecule has 0 aliphatic heterocycles. The van der Waals surface area contributed by atoms with E-state index in [1.165, 1.54) is 4.90 Å². The van der Waals surface area contributed by atoms with Gasteiger partial charge in [0, 0.05) is 26.3 Å². The number of carboxylic acids is 1. The largest absolute Gasteiger partial charge is 0.491 e. The molecule has 0 saturated heterocycles. The quantitative estimate of drug-likeness (QED) is 0.736. The van der Waals surface area contributed by atoms with Crippen molar-refractivity contribution in [1.82, 2.24) is 4.90 Å². The first-order valence-electron chi connectivity index (χ1n) is 6.65. The summed E-state index contributed by atoms with van der Waals surface area (Å²) in [6.07, 6.45) is 0. The van der Waals surface area contributed by atoms with Crippen LogP contribution >= 0.6 is 0 Å². The Labute approximate surface area is 124 Å². The van der Waals surface area contributed by atoms with Gasteiger partial charge < -0.3 is 19.5 Å². The zero-order valence-corrected chi connectivity index (χ0v) is 12.5. The van der Waals surface area contributed by atoms with Crippen molar-refractivity contribution in [3.63, 3.8) is 0 Å². The van der Waals surface area contributed by atoms with E-state index in [4.69, 9.17) is 14.6 Å². The molecule has 0 aliphatic carbocycles. The van der Waals surface area contributed by atoms with E-state index < -0.39 is 11.9 Å². The highest BCUT2D eigenvalue weighted by atomic mass is 16.5. The molecule has 6 nitrogen and oxygen atoms in total. The summed E-state index contributed by atoms with van der Waals surface area (Å²) < 4.78 is 10.3. The molecule has 0 saturated carbocycles. The lowest BCUT2D eigenvalue weighted by Gasteiger charge is -2.19. The zero-order valence-electron chi connectivity index (χ0n) is 12.5. The third kappa shape index (κ3) is 5.43. The lowest BCUT2D eigenvalue weighted by molar-refractivity contribution is -0.141. The fourth-order valence-corrected chi connectivity index (χ4v) is 1.73. The van der Waals surface area contributed by atoms with Crippen molar-refractivity contribution in [3.8, 4) is 5.75 Å². The number of benzene rings is 1. The van der Waals surface area contributed by atoms with Gasteiger partial charge in [-0.25, -0.2) is 0 Å². The summed E-state index contributed by atoms with van der Waals surface area (Å²) in [5.41, 5.74) is 0.495. The summed E-state index contributed by atoms with van der Waals surface area (Å²) in [6.45, 7) is 2.68. The highest BCUT2D eigenvalue weighted by Crippen LogP contribution is 2.14. The van der Waals surface area contributed by atoms with Gasteiger partial charge in [0.15, 0.2) is 0 Å². The number of hydrogen-bond donors (Lipinski definition) is 1. The summed E-state index contributed by atoms with van der Waals surface area (Å²) in [7, 11) is 3.18. The number of methoxy groups -OCH3 is 1. The summed E-state index contributed by atoms with van der Waals surface area (Å²) >= 11 is 0. The Morgan fingerprint density at radius 1 is 1.24 bits per heavy atom. The molecule has 1 aromatic carbocycles. The van der Waals surface area contributed by atoms with Gasteiger partial charge >= 0.3 is 5.97 Å². The average Bonchev–Trinajstić information content (AvgIpc) is 2.47. The molecule has 0 aliphatic rings. The van der Waals surface area contributed by atoms with Gasteiger partial charge in [0.2, 0.25) is 0 Å². The number of rotatable bonds is 8. The molecule has 21 heavy (non-hydrogen) atoms. The Hall–Kier alpha value is -2.08. The van der Waals surface area contributed by atoms with E-state index in [1.807, 2.05) is 0 Å². The minimum Gasteiger partial charge on any atom is -0.491 e. The standard InChI is InChI=1S/C15H21NO5/c1-11(15(18)19)10-16(2)14(17)12-4-6-13(7-5-12)21-9-8-20-3/h4-7,11H,8-10H2,1-3H3,(H,18,19). The van der Waals surface area contributed by atoms with Crippen LogP contribution in [0, 0.1) is 5.92 Å². The summed E-state index contributed by atoms with van der Waals surface area (Å²) in [5, 5.41) is 8.86. The van der Waals surface area contributed by atoms with E-state index >= 15 is 0 Å². The summed E-state index contributed by atoms with van der Waals surface area (Å²) in [6, 6.07) is 6.73. The number of nitrogens with zero attached hydrogens (tertiary/aromatic N) is 1. The fourth-order valence-electron chi connectivity index (χ4n) is 1.73. The highest BCUT2D eigenvalue weighted by molar-refractivity contribution is 5.94. The van der Waals surface area contributed by atoms with E-state index in [2.05, 4.69) is 0 Å². The van der Waals surface area contributed by atoms with Crippen molar-refractivity contribution in [3.05, 3.63) is 29.8 Å². The van der Waals surface area contributed by atoms with Gasteiger partial charge in [-0.05, 0) is 24.3 Å². The molecule has 0 heterocycles. The maximum atomic E-state index is 12.1. The molecule has 1 aromatic rings. The number of hydrogen-bond acceptors (Lipinski definition) is 4. The van der Waals surface area contributed by atoms with Crippen LogP contribution < -0.4 is 4.74 Å². The molecule has 1 unspecified atom stereocenters. The molecule has 0 bridgehead atoms. The Morgan fingerprint density at radius 2 is 1.86 bits per heavy atom. The first kappa shape index (κ1) is 17.0. The first-order valence-corrected chi connectivity index (χ1v) is 6.65. The topological polar surface area (TPSA) is 76.1 Å². The van der Waals surface area contributed by atoms with Crippen molar-refractivity contribution < 1.29 is 24.2 Å².